The van der Waals surface area contributed by atoms with Crippen molar-refractivity contribution >= 4 is 10.9 Å². The molecule has 3 N–H and O–H groups in total. The summed E-state index contributed by atoms with van der Waals surface area (Å²) in [4.78, 5) is 3.51. The molecule has 0 unspecified atom stereocenters. The Morgan fingerprint density at radius 1 is 1.29 bits per heavy atom. The highest BCUT2D eigenvalue weighted by atomic mass is 16.5. The minimum absolute atomic E-state index is 0.733. The lowest BCUT2D eigenvalue weighted by Gasteiger charge is -2.02. The number of hydrogen-bond donors (Lipinski definition) is 2. The molecule has 0 atom stereocenters. The number of nitrogens with two attached hydrogens (primary N) is 1. The van der Waals surface area contributed by atoms with Crippen molar-refractivity contribution in [1.29, 1.82) is 0 Å². The van der Waals surface area contributed by atoms with Gasteiger partial charge in [0.25, 0.3) is 0 Å². The van der Waals surface area contributed by atoms with Crippen LogP contribution in [0.2, 0.25) is 0 Å². The molecule has 0 amide bonds. The number of benzene rings is 1. The van der Waals surface area contributed by atoms with Crippen LogP contribution in [0.1, 0.15) is 23.2 Å². The Morgan fingerprint density at radius 3 is 2.71 bits per heavy atom. The van der Waals surface area contributed by atoms with Crippen molar-refractivity contribution in [3.8, 4) is 5.75 Å². The number of fused-ring (bicyclic) bond motifs is 1. The first-order chi connectivity index (χ1) is 8.17. The number of nitrogens with one attached hydrogen (secondary N) is 1. The lowest BCUT2D eigenvalue weighted by molar-refractivity contribution is 0.415. The smallest absolute Gasteiger partial charge is 0.119 e. The van der Waals surface area contributed by atoms with Crippen LogP contribution in [-0.4, -0.2) is 18.6 Å². The molecule has 92 valence electrons. The van der Waals surface area contributed by atoms with E-state index >= 15 is 0 Å². The molecule has 2 rings (SSSR count). The van der Waals surface area contributed by atoms with Gasteiger partial charge in [0.05, 0.1) is 7.11 Å². The third kappa shape index (κ3) is 2.15. The lowest BCUT2D eigenvalue weighted by Crippen LogP contribution is -2.01. The van der Waals surface area contributed by atoms with E-state index in [4.69, 9.17) is 10.5 Å². The van der Waals surface area contributed by atoms with Gasteiger partial charge in [-0.05, 0) is 56.5 Å². The van der Waals surface area contributed by atoms with Gasteiger partial charge in [-0.3, -0.25) is 0 Å². The van der Waals surface area contributed by atoms with Crippen molar-refractivity contribution in [2.45, 2.75) is 26.7 Å². The average molecular weight is 232 g/mol. The lowest BCUT2D eigenvalue weighted by atomic mass is 10.1. The molecule has 1 aromatic carbocycles. The van der Waals surface area contributed by atoms with Crippen molar-refractivity contribution in [2.75, 3.05) is 13.7 Å². The highest BCUT2D eigenvalue weighted by molar-refractivity contribution is 5.88. The van der Waals surface area contributed by atoms with Gasteiger partial charge < -0.3 is 15.5 Å². The van der Waals surface area contributed by atoms with Crippen molar-refractivity contribution < 1.29 is 4.74 Å². The molecule has 0 bridgehead atoms. The van der Waals surface area contributed by atoms with E-state index in [-0.39, 0.29) is 0 Å². The van der Waals surface area contributed by atoms with E-state index in [1.807, 2.05) is 0 Å². The van der Waals surface area contributed by atoms with Crippen LogP contribution in [0.4, 0.5) is 0 Å². The second-order valence-corrected chi connectivity index (χ2v) is 4.49. The van der Waals surface area contributed by atoms with Crippen LogP contribution in [-0.2, 0) is 6.42 Å². The predicted octanol–water partition coefficient (Wildman–Crippen LogP) is 2.68. The first-order valence-electron chi connectivity index (χ1n) is 6.03. The van der Waals surface area contributed by atoms with Gasteiger partial charge in [-0.25, -0.2) is 0 Å². The second kappa shape index (κ2) is 4.80. The van der Waals surface area contributed by atoms with E-state index in [1.54, 1.807) is 7.11 Å². The SMILES string of the molecule is COc1cc(C)c2[nH]c(CCCN)c(C)c2c1. The van der Waals surface area contributed by atoms with E-state index in [1.165, 1.54) is 27.7 Å². The van der Waals surface area contributed by atoms with Crippen LogP contribution < -0.4 is 10.5 Å². The Balaban J connectivity index is 2.53. The van der Waals surface area contributed by atoms with E-state index in [2.05, 4.69) is 31.0 Å². The van der Waals surface area contributed by atoms with Crippen LogP contribution in [0.15, 0.2) is 12.1 Å². The van der Waals surface area contributed by atoms with E-state index < -0.39 is 0 Å². The van der Waals surface area contributed by atoms with E-state index in [0.717, 1.165) is 25.1 Å². The standard InChI is InChI=1S/C14H20N2O/c1-9-7-11(17-3)8-12-10(2)13(5-4-6-15)16-14(9)12/h7-8,16H,4-6,15H2,1-3H3. The number of aromatic nitrogens is 1. The number of H-pyrrole nitrogens is 1. The van der Waals surface area contributed by atoms with Crippen molar-refractivity contribution in [3.63, 3.8) is 0 Å². The molecule has 1 aromatic heterocycles. The fourth-order valence-electron chi connectivity index (χ4n) is 2.27. The number of methoxy groups -OCH3 is 1. The van der Waals surface area contributed by atoms with Crippen molar-refractivity contribution in [1.82, 2.24) is 4.98 Å². The number of rotatable bonds is 4. The summed E-state index contributed by atoms with van der Waals surface area (Å²) in [7, 11) is 1.71. The fraction of sp³-hybridized carbons (Fsp3) is 0.429. The number of aryl methyl sites for hydroxylation is 3. The molecule has 0 fully saturated rings. The molecular weight excluding hydrogens is 212 g/mol. The Bertz CT molecular complexity index is 528. The van der Waals surface area contributed by atoms with Gasteiger partial charge in [-0.1, -0.05) is 0 Å². The van der Waals surface area contributed by atoms with Crippen molar-refractivity contribution in [3.05, 3.63) is 29.0 Å². The Kier molecular flexibility index (Phi) is 3.38. The molecule has 2 aromatic rings. The first-order valence-corrected chi connectivity index (χ1v) is 6.03. The molecule has 0 saturated heterocycles. The van der Waals surface area contributed by atoms with Gasteiger partial charge in [0.1, 0.15) is 5.75 Å². The summed E-state index contributed by atoms with van der Waals surface area (Å²) in [6.07, 6.45) is 2.03. The maximum absolute atomic E-state index is 5.56. The maximum atomic E-state index is 5.56. The van der Waals surface area contributed by atoms with Crippen LogP contribution in [0, 0.1) is 13.8 Å². The van der Waals surface area contributed by atoms with Crippen LogP contribution >= 0.6 is 0 Å². The molecule has 17 heavy (non-hydrogen) atoms. The Morgan fingerprint density at radius 2 is 2.06 bits per heavy atom. The van der Waals surface area contributed by atoms with Gasteiger partial charge >= 0.3 is 0 Å². The van der Waals surface area contributed by atoms with Crippen molar-refractivity contribution in [2.24, 2.45) is 5.73 Å². The van der Waals surface area contributed by atoms with Crippen LogP contribution in [0.25, 0.3) is 10.9 Å². The summed E-state index contributed by atoms with van der Waals surface area (Å²) >= 11 is 0. The minimum atomic E-state index is 0.733. The molecule has 0 aliphatic heterocycles. The van der Waals surface area contributed by atoms with Crippen LogP contribution in [0.5, 0.6) is 5.75 Å². The monoisotopic (exact) mass is 232 g/mol. The first kappa shape index (κ1) is 12.0. The number of aromatic amines is 1. The maximum Gasteiger partial charge on any atom is 0.119 e. The molecule has 0 saturated carbocycles. The molecule has 0 radical (unpaired) electrons. The summed E-state index contributed by atoms with van der Waals surface area (Å²) in [5.74, 6) is 0.919. The quantitative estimate of drug-likeness (QED) is 0.851. The molecule has 3 heteroatoms. The Hall–Kier alpha value is -1.48. The largest absolute Gasteiger partial charge is 0.497 e. The van der Waals surface area contributed by atoms with E-state index in [9.17, 15) is 0 Å². The average Bonchev–Trinajstić information content (AvgIpc) is 2.65. The highest BCUT2D eigenvalue weighted by Gasteiger charge is 2.10. The summed E-state index contributed by atoms with van der Waals surface area (Å²) < 4.78 is 5.31. The zero-order valence-electron chi connectivity index (χ0n) is 10.8. The van der Waals surface area contributed by atoms with E-state index in [0.29, 0.717) is 0 Å². The summed E-state index contributed by atoms with van der Waals surface area (Å²) in [6.45, 7) is 4.99. The molecule has 0 aliphatic rings. The normalized spacial score (nSPS) is 11.1. The third-order valence-electron chi connectivity index (χ3n) is 3.31. The summed E-state index contributed by atoms with van der Waals surface area (Å²) in [5, 5.41) is 1.26. The third-order valence-corrected chi connectivity index (χ3v) is 3.31. The second-order valence-electron chi connectivity index (χ2n) is 4.49. The molecular formula is C14H20N2O. The Labute approximate surface area is 102 Å². The van der Waals surface area contributed by atoms with Gasteiger partial charge in [0.2, 0.25) is 0 Å². The molecule has 1 heterocycles. The zero-order valence-corrected chi connectivity index (χ0v) is 10.8. The highest BCUT2D eigenvalue weighted by Crippen LogP contribution is 2.29. The fourth-order valence-corrected chi connectivity index (χ4v) is 2.27. The zero-order chi connectivity index (χ0) is 12.4. The summed E-state index contributed by atoms with van der Waals surface area (Å²) in [6, 6.07) is 4.16. The van der Waals surface area contributed by atoms with Crippen LogP contribution in [0.3, 0.4) is 0 Å². The van der Waals surface area contributed by atoms with Gasteiger partial charge in [-0.15, -0.1) is 0 Å². The molecule has 0 aliphatic carbocycles. The summed E-state index contributed by atoms with van der Waals surface area (Å²) in [5.41, 5.74) is 10.6. The minimum Gasteiger partial charge on any atom is -0.497 e. The topological polar surface area (TPSA) is 51.0 Å². The molecule has 3 nitrogen and oxygen atoms in total. The van der Waals surface area contributed by atoms with Gasteiger partial charge in [0.15, 0.2) is 0 Å². The number of ether oxygens (including phenoxy) is 1. The van der Waals surface area contributed by atoms with Gasteiger partial charge in [-0.2, -0.15) is 0 Å². The number of hydrogen-bond acceptors (Lipinski definition) is 2. The van der Waals surface area contributed by atoms with Gasteiger partial charge in [0, 0.05) is 16.6 Å². The predicted molar refractivity (Wildman–Crippen MR) is 71.7 cm³/mol. The molecule has 0 spiro atoms.